The van der Waals surface area contributed by atoms with Crippen molar-refractivity contribution in [2.24, 2.45) is 5.92 Å². The van der Waals surface area contributed by atoms with Gasteiger partial charge in [-0.3, -0.25) is 15.0 Å². The highest BCUT2D eigenvalue weighted by atomic mass is 32.2. The van der Waals surface area contributed by atoms with Crippen molar-refractivity contribution in [2.45, 2.75) is 50.2 Å². The third kappa shape index (κ3) is 9.08. The van der Waals surface area contributed by atoms with Crippen LogP contribution in [0, 0.1) is 18.3 Å². The Morgan fingerprint density at radius 1 is 1.12 bits per heavy atom. The lowest BCUT2D eigenvalue weighted by atomic mass is 9.99. The molecule has 42 heavy (non-hydrogen) atoms. The van der Waals surface area contributed by atoms with Crippen LogP contribution in [0.4, 0.5) is 0 Å². The van der Waals surface area contributed by atoms with Crippen molar-refractivity contribution < 1.29 is 23.1 Å². The molecule has 226 valence electrons. The highest BCUT2D eigenvalue weighted by molar-refractivity contribution is 7.89. The van der Waals surface area contributed by atoms with Crippen LogP contribution in [-0.2, 0) is 26.0 Å². The molecule has 0 radical (unpaired) electrons. The van der Waals surface area contributed by atoms with Crippen LogP contribution in [0.5, 0.6) is 0 Å². The zero-order valence-corrected chi connectivity index (χ0v) is 26.1. The topological polar surface area (TPSA) is 123 Å². The zero-order chi connectivity index (χ0) is 30.9. The number of hydrazine groups is 1. The lowest BCUT2D eigenvalue weighted by Gasteiger charge is -2.37. The Labute approximate surface area is 252 Å². The summed E-state index contributed by atoms with van der Waals surface area (Å²) in [5.41, 5.74) is 5.81. The fourth-order valence-corrected chi connectivity index (χ4v) is 6.93. The van der Waals surface area contributed by atoms with Crippen LogP contribution in [0.2, 0.25) is 0 Å². The molecule has 0 aliphatic carbocycles. The van der Waals surface area contributed by atoms with E-state index < -0.39 is 34.0 Å². The van der Waals surface area contributed by atoms with Crippen molar-refractivity contribution in [3.05, 3.63) is 59.6 Å². The number of hydrogen-bond donors (Lipinski definition) is 2. The van der Waals surface area contributed by atoms with E-state index in [4.69, 9.17) is 6.42 Å². The molecular weight excluding hydrogens is 574 g/mol. The summed E-state index contributed by atoms with van der Waals surface area (Å²) in [6.07, 6.45) is 4.29. The highest BCUT2D eigenvalue weighted by Gasteiger charge is 2.36. The first-order valence-electron chi connectivity index (χ1n) is 13.7. The predicted octanol–water partition coefficient (Wildman–Crippen LogP) is 2.75. The smallest absolute Gasteiger partial charge is 0.252 e. The maximum atomic E-state index is 13.9. The van der Waals surface area contributed by atoms with Gasteiger partial charge >= 0.3 is 0 Å². The van der Waals surface area contributed by atoms with Gasteiger partial charge in [-0.1, -0.05) is 44.2 Å². The molecule has 1 heterocycles. The Hall–Kier alpha value is -3.34. The molecule has 2 N–H and O–H groups in total. The van der Waals surface area contributed by atoms with Gasteiger partial charge in [0.05, 0.1) is 39.3 Å². The number of terminal acetylenes is 1. The number of rotatable bonds is 14. The van der Waals surface area contributed by atoms with Crippen LogP contribution in [0.1, 0.15) is 32.3 Å². The zero-order valence-electron chi connectivity index (χ0n) is 24.4. The van der Waals surface area contributed by atoms with Crippen LogP contribution in [0.15, 0.2) is 58.9 Å². The molecule has 3 rings (SSSR count). The van der Waals surface area contributed by atoms with Gasteiger partial charge in [0.25, 0.3) is 5.91 Å². The number of nitrogens with one attached hydrogen (secondary N) is 1. The molecule has 2 atom stereocenters. The molecule has 2 amide bonds. The number of aliphatic hydroxyl groups excluding tert-OH is 1. The average Bonchev–Trinajstić information content (AvgIpc) is 3.41. The van der Waals surface area contributed by atoms with E-state index in [1.165, 1.54) is 21.7 Å². The normalized spacial score (nSPS) is 13.3. The Morgan fingerprint density at radius 3 is 2.48 bits per heavy atom. The minimum Gasteiger partial charge on any atom is -0.390 e. The number of sulfonamides is 1. The minimum absolute atomic E-state index is 0.000972. The number of nitrogens with zero attached hydrogens (tertiary/aromatic N) is 4. The van der Waals surface area contributed by atoms with E-state index in [0.29, 0.717) is 5.52 Å². The van der Waals surface area contributed by atoms with Crippen LogP contribution < -0.4 is 5.43 Å². The Morgan fingerprint density at radius 2 is 1.83 bits per heavy atom. The van der Waals surface area contributed by atoms with E-state index in [1.807, 2.05) is 44.2 Å². The number of aliphatic hydroxyl groups is 1. The van der Waals surface area contributed by atoms with Crippen molar-refractivity contribution in [2.75, 3.05) is 33.7 Å². The second kappa shape index (κ2) is 15.2. The van der Waals surface area contributed by atoms with E-state index in [2.05, 4.69) is 16.3 Å². The number of aromatic nitrogens is 1. The summed E-state index contributed by atoms with van der Waals surface area (Å²) in [6.45, 7) is 3.61. The molecular formula is C30H39N5O5S2. The van der Waals surface area contributed by atoms with Gasteiger partial charge in [0.2, 0.25) is 15.9 Å². The molecule has 2 aromatic carbocycles. The van der Waals surface area contributed by atoms with Crippen molar-refractivity contribution in [1.82, 2.24) is 24.6 Å². The van der Waals surface area contributed by atoms with E-state index in [9.17, 15) is 23.1 Å². The van der Waals surface area contributed by atoms with E-state index >= 15 is 0 Å². The SMILES string of the molecule is C#CCCC(=O)N(NC(=O)CN(C)C)[C@@H](Cc1ccccc1)[C@H](O)CN(CC(C)C)S(=O)(=O)c1ccc2ncsc2c1. The number of benzene rings is 2. The van der Waals surface area contributed by atoms with Crippen molar-refractivity contribution in [3.63, 3.8) is 0 Å². The molecule has 0 bridgehead atoms. The fraction of sp³-hybridized carbons (Fsp3) is 0.433. The monoisotopic (exact) mass is 613 g/mol. The number of fused-ring (bicyclic) bond motifs is 1. The molecule has 0 fully saturated rings. The molecule has 0 saturated carbocycles. The number of likely N-dealkylation sites (N-methyl/N-ethyl adjacent to an activating group) is 1. The molecule has 10 nitrogen and oxygen atoms in total. The lowest BCUT2D eigenvalue weighted by molar-refractivity contribution is -0.148. The quantitative estimate of drug-likeness (QED) is 0.212. The summed E-state index contributed by atoms with van der Waals surface area (Å²) in [6, 6.07) is 13.0. The van der Waals surface area contributed by atoms with Gasteiger partial charge in [-0.15, -0.1) is 23.7 Å². The Bertz CT molecular complexity index is 1480. The van der Waals surface area contributed by atoms with Gasteiger partial charge in [0.1, 0.15) is 0 Å². The largest absolute Gasteiger partial charge is 0.390 e. The minimum atomic E-state index is -4.04. The number of thiazole rings is 1. The van der Waals surface area contributed by atoms with E-state index in [-0.39, 0.29) is 49.7 Å². The van der Waals surface area contributed by atoms with E-state index in [0.717, 1.165) is 15.3 Å². The van der Waals surface area contributed by atoms with Crippen molar-refractivity contribution >= 4 is 43.4 Å². The van der Waals surface area contributed by atoms with Gasteiger partial charge in [-0.2, -0.15) is 4.31 Å². The second-order valence-electron chi connectivity index (χ2n) is 10.8. The molecule has 0 aliphatic heterocycles. The van der Waals surface area contributed by atoms with Gasteiger partial charge in [-0.25, -0.2) is 18.4 Å². The number of carbonyl (C=O) groups is 2. The Kier molecular flexibility index (Phi) is 12.0. The first-order valence-corrected chi connectivity index (χ1v) is 16.0. The lowest BCUT2D eigenvalue weighted by Crippen LogP contribution is -2.60. The summed E-state index contributed by atoms with van der Waals surface area (Å²) in [5.74, 6) is 1.45. The van der Waals surface area contributed by atoms with Crippen LogP contribution in [0.3, 0.4) is 0 Å². The van der Waals surface area contributed by atoms with E-state index in [1.54, 1.807) is 36.6 Å². The standard InChI is InChI=1S/C30H39N5O5S2/c1-6-7-13-30(38)35(32-29(37)20-33(4)5)26(16-23-11-9-8-10-12-23)27(36)19-34(18-22(2)3)42(39,40)24-14-15-25-28(17-24)41-21-31-25/h1,8-12,14-15,17,21-22,26-27,36H,7,13,16,18-20H2,2-5H3,(H,32,37)/t26-,27+/m0/s1. The number of amides is 2. The molecule has 0 unspecified atom stereocenters. The Balaban J connectivity index is 2.01. The molecule has 12 heteroatoms. The third-order valence-corrected chi connectivity index (χ3v) is 9.04. The van der Waals surface area contributed by atoms with Crippen LogP contribution in [0.25, 0.3) is 10.2 Å². The van der Waals surface area contributed by atoms with Crippen molar-refractivity contribution in [1.29, 1.82) is 0 Å². The second-order valence-corrected chi connectivity index (χ2v) is 13.6. The van der Waals surface area contributed by atoms with Crippen LogP contribution in [-0.4, -0.2) is 90.4 Å². The van der Waals surface area contributed by atoms with Gasteiger partial charge in [0, 0.05) is 25.9 Å². The summed E-state index contributed by atoms with van der Waals surface area (Å²) in [5, 5.41) is 12.9. The summed E-state index contributed by atoms with van der Waals surface area (Å²) >= 11 is 1.34. The maximum Gasteiger partial charge on any atom is 0.252 e. The van der Waals surface area contributed by atoms with Gasteiger partial charge in [0.15, 0.2) is 0 Å². The maximum absolute atomic E-state index is 13.9. The molecule has 0 aliphatic rings. The highest BCUT2D eigenvalue weighted by Crippen LogP contribution is 2.26. The first-order chi connectivity index (χ1) is 19.9. The molecule has 1 aromatic heterocycles. The molecule has 3 aromatic rings. The van der Waals surface area contributed by atoms with Crippen molar-refractivity contribution in [3.8, 4) is 12.3 Å². The number of carbonyl (C=O) groups excluding carboxylic acids is 2. The van der Waals surface area contributed by atoms with Crippen LogP contribution >= 0.6 is 11.3 Å². The van der Waals surface area contributed by atoms with Gasteiger partial charge in [-0.05, 0) is 50.2 Å². The summed E-state index contributed by atoms with van der Waals surface area (Å²) < 4.78 is 29.8. The third-order valence-electron chi connectivity index (χ3n) is 6.42. The summed E-state index contributed by atoms with van der Waals surface area (Å²) in [7, 11) is -0.596. The first kappa shape index (κ1) is 33.2. The molecule has 0 spiro atoms. The van der Waals surface area contributed by atoms with Gasteiger partial charge < -0.3 is 10.0 Å². The fourth-order valence-electron chi connectivity index (χ4n) is 4.49. The predicted molar refractivity (Wildman–Crippen MR) is 165 cm³/mol. The number of hydrogen-bond acceptors (Lipinski definition) is 8. The molecule has 0 saturated heterocycles. The summed E-state index contributed by atoms with van der Waals surface area (Å²) in [4.78, 5) is 32.2. The average molecular weight is 614 g/mol.